The molecule has 0 saturated heterocycles. The van der Waals surface area contributed by atoms with E-state index >= 15 is 0 Å². The Morgan fingerprint density at radius 3 is 2.65 bits per heavy atom. The van der Waals surface area contributed by atoms with Gasteiger partial charge in [-0.25, -0.2) is 0 Å². The van der Waals surface area contributed by atoms with E-state index in [0.717, 1.165) is 22.9 Å². The van der Waals surface area contributed by atoms with E-state index in [9.17, 15) is 9.59 Å². The van der Waals surface area contributed by atoms with Gasteiger partial charge in [0.05, 0.1) is 6.54 Å². The zero-order valence-corrected chi connectivity index (χ0v) is 14.5. The molecule has 0 aliphatic carbocycles. The molecule has 2 rings (SSSR count). The van der Waals surface area contributed by atoms with Crippen molar-refractivity contribution in [3.63, 3.8) is 0 Å². The third-order valence-electron chi connectivity index (χ3n) is 3.84. The summed E-state index contributed by atoms with van der Waals surface area (Å²) in [4.78, 5) is 29.4. The Balaban J connectivity index is 2.33. The van der Waals surface area contributed by atoms with Crippen LogP contribution in [0.1, 0.15) is 44.7 Å². The topological polar surface area (TPSA) is 53.2 Å². The van der Waals surface area contributed by atoms with Crippen molar-refractivity contribution < 1.29 is 4.79 Å². The van der Waals surface area contributed by atoms with Gasteiger partial charge < -0.3 is 9.88 Å². The van der Waals surface area contributed by atoms with Gasteiger partial charge in [0.15, 0.2) is 0 Å². The summed E-state index contributed by atoms with van der Waals surface area (Å²) >= 11 is 0. The molecule has 0 radical (unpaired) electrons. The first-order valence-corrected chi connectivity index (χ1v) is 8.31. The molecular formula is C19H26N2O2. The summed E-state index contributed by atoms with van der Waals surface area (Å²) in [5, 5.41) is 0.998. The van der Waals surface area contributed by atoms with E-state index in [4.69, 9.17) is 0 Å². The number of aromatic nitrogens is 1. The summed E-state index contributed by atoms with van der Waals surface area (Å²) in [6.07, 6.45) is 1.35. The number of hydrogen-bond donors (Lipinski definition) is 1. The highest BCUT2D eigenvalue weighted by molar-refractivity contribution is 5.80. The summed E-state index contributed by atoms with van der Waals surface area (Å²) in [5.41, 5.74) is 2.49. The molecule has 4 nitrogen and oxygen atoms in total. The molecule has 2 aromatic rings. The molecule has 1 amide bonds. The number of aryl methyl sites for hydroxylation is 1. The number of fused-ring (bicyclic) bond motifs is 1. The van der Waals surface area contributed by atoms with E-state index in [1.807, 2.05) is 38.1 Å². The smallest absolute Gasteiger partial charge is 0.253 e. The number of carbonyl (C=O) groups excluding carboxylic acids is 1. The molecule has 1 aromatic carbocycles. The highest BCUT2D eigenvalue weighted by Gasteiger charge is 2.16. The number of H-pyrrole nitrogens is 1. The lowest BCUT2D eigenvalue weighted by molar-refractivity contribution is -0.132. The lowest BCUT2D eigenvalue weighted by Crippen LogP contribution is -2.35. The first-order valence-electron chi connectivity index (χ1n) is 8.31. The Kier molecular flexibility index (Phi) is 5.59. The van der Waals surface area contributed by atoms with Crippen molar-refractivity contribution in [2.45, 2.75) is 47.1 Å². The van der Waals surface area contributed by atoms with E-state index in [-0.39, 0.29) is 11.5 Å². The Morgan fingerprint density at radius 2 is 2.00 bits per heavy atom. The second-order valence-electron chi connectivity index (χ2n) is 6.63. The second-order valence-corrected chi connectivity index (χ2v) is 6.63. The van der Waals surface area contributed by atoms with Gasteiger partial charge in [0.2, 0.25) is 5.91 Å². The number of nitrogens with zero attached hydrogens (tertiary/aromatic N) is 1. The monoisotopic (exact) mass is 314 g/mol. The van der Waals surface area contributed by atoms with Gasteiger partial charge >= 0.3 is 0 Å². The zero-order valence-electron chi connectivity index (χ0n) is 14.5. The largest absolute Gasteiger partial charge is 0.338 e. The Bertz CT molecular complexity index is 747. The van der Waals surface area contributed by atoms with Crippen LogP contribution in [-0.2, 0) is 11.3 Å². The minimum absolute atomic E-state index is 0.110. The Morgan fingerprint density at radius 1 is 1.26 bits per heavy atom. The number of aromatic amines is 1. The van der Waals surface area contributed by atoms with Gasteiger partial charge in [-0.05, 0) is 42.3 Å². The van der Waals surface area contributed by atoms with Crippen LogP contribution in [0.2, 0.25) is 0 Å². The summed E-state index contributed by atoms with van der Waals surface area (Å²) in [6.45, 7) is 9.20. The van der Waals surface area contributed by atoms with E-state index in [2.05, 4.69) is 18.8 Å². The van der Waals surface area contributed by atoms with Gasteiger partial charge in [-0.2, -0.15) is 0 Å². The van der Waals surface area contributed by atoms with Crippen molar-refractivity contribution in [2.75, 3.05) is 6.54 Å². The Labute approximate surface area is 137 Å². The molecule has 0 atom stereocenters. The number of nitrogens with one attached hydrogen (secondary N) is 1. The number of amides is 1. The minimum atomic E-state index is -0.110. The highest BCUT2D eigenvalue weighted by atomic mass is 16.2. The first-order chi connectivity index (χ1) is 10.9. The molecule has 4 heteroatoms. The van der Waals surface area contributed by atoms with Crippen LogP contribution in [0, 0.1) is 12.8 Å². The second kappa shape index (κ2) is 7.44. The maximum absolute atomic E-state index is 12.4. The van der Waals surface area contributed by atoms with Crippen LogP contribution in [0.4, 0.5) is 0 Å². The van der Waals surface area contributed by atoms with Gasteiger partial charge in [-0.1, -0.05) is 32.9 Å². The van der Waals surface area contributed by atoms with E-state index < -0.39 is 0 Å². The molecular weight excluding hydrogens is 288 g/mol. The molecule has 1 N–H and O–H groups in total. The molecule has 0 bridgehead atoms. The fourth-order valence-corrected chi connectivity index (χ4v) is 2.75. The lowest BCUT2D eigenvalue weighted by Gasteiger charge is -2.24. The van der Waals surface area contributed by atoms with Gasteiger partial charge in [-0.15, -0.1) is 0 Å². The number of pyridine rings is 1. The summed E-state index contributed by atoms with van der Waals surface area (Å²) in [7, 11) is 0. The predicted octanol–water partition coefficient (Wildman–Crippen LogP) is 3.62. The summed E-state index contributed by atoms with van der Waals surface area (Å²) < 4.78 is 0. The first kappa shape index (κ1) is 17.3. The van der Waals surface area contributed by atoms with Crippen LogP contribution in [0.15, 0.2) is 29.1 Å². The molecule has 0 saturated carbocycles. The molecule has 0 fully saturated rings. The van der Waals surface area contributed by atoms with Crippen molar-refractivity contribution in [1.29, 1.82) is 0 Å². The van der Waals surface area contributed by atoms with Crippen molar-refractivity contribution >= 4 is 16.8 Å². The lowest BCUT2D eigenvalue weighted by atomic mass is 10.1. The maximum atomic E-state index is 12.4. The fourth-order valence-electron chi connectivity index (χ4n) is 2.75. The number of hydrogen-bond acceptors (Lipinski definition) is 2. The average molecular weight is 314 g/mol. The van der Waals surface area contributed by atoms with E-state index in [1.54, 1.807) is 4.90 Å². The van der Waals surface area contributed by atoms with Gasteiger partial charge in [0.1, 0.15) is 0 Å². The number of rotatable bonds is 6. The molecule has 0 unspecified atom stereocenters. The zero-order chi connectivity index (χ0) is 17.0. The molecule has 0 aliphatic heterocycles. The van der Waals surface area contributed by atoms with Gasteiger partial charge in [-0.3, -0.25) is 9.59 Å². The van der Waals surface area contributed by atoms with Gasteiger partial charge in [0.25, 0.3) is 5.56 Å². The number of carbonyl (C=O) groups is 1. The summed E-state index contributed by atoms with van der Waals surface area (Å²) in [6, 6.07) is 7.90. The molecule has 124 valence electrons. The SMILES string of the molecule is CCCC(=O)N(Cc1cc2ccc(C)cc2[nH]c1=O)CC(C)C. The predicted molar refractivity (Wildman–Crippen MR) is 94.5 cm³/mol. The normalized spacial score (nSPS) is 11.2. The quantitative estimate of drug-likeness (QED) is 0.885. The Hall–Kier alpha value is -2.10. The maximum Gasteiger partial charge on any atom is 0.253 e. The van der Waals surface area contributed by atoms with Crippen molar-refractivity contribution in [3.05, 3.63) is 45.7 Å². The van der Waals surface area contributed by atoms with Gasteiger partial charge in [0, 0.05) is 24.0 Å². The van der Waals surface area contributed by atoms with Crippen molar-refractivity contribution in [3.8, 4) is 0 Å². The van der Waals surface area contributed by atoms with E-state index in [0.29, 0.717) is 31.0 Å². The average Bonchev–Trinajstić information content (AvgIpc) is 2.47. The molecule has 1 aromatic heterocycles. The number of benzene rings is 1. The van der Waals surface area contributed by atoms with Crippen molar-refractivity contribution in [2.24, 2.45) is 5.92 Å². The van der Waals surface area contributed by atoms with E-state index in [1.165, 1.54) is 0 Å². The van der Waals surface area contributed by atoms with Crippen LogP contribution < -0.4 is 5.56 Å². The van der Waals surface area contributed by atoms with Crippen molar-refractivity contribution in [1.82, 2.24) is 9.88 Å². The van der Waals surface area contributed by atoms with Crippen LogP contribution in [0.25, 0.3) is 10.9 Å². The van der Waals surface area contributed by atoms with Crippen LogP contribution in [-0.4, -0.2) is 22.3 Å². The standard InChI is InChI=1S/C19H26N2O2/c1-5-6-18(22)21(11-13(2)3)12-16-10-15-8-7-14(4)9-17(15)20-19(16)23/h7-10,13H,5-6,11-12H2,1-4H3,(H,20,23). The highest BCUT2D eigenvalue weighted by Crippen LogP contribution is 2.15. The molecule has 0 spiro atoms. The molecule has 0 aliphatic rings. The summed E-state index contributed by atoms with van der Waals surface area (Å²) in [5.74, 6) is 0.489. The minimum Gasteiger partial charge on any atom is -0.338 e. The van der Waals surface area contributed by atoms with Crippen LogP contribution in [0.5, 0.6) is 0 Å². The third-order valence-corrected chi connectivity index (χ3v) is 3.84. The fraction of sp³-hybridized carbons (Fsp3) is 0.474. The van der Waals surface area contributed by atoms with Crippen LogP contribution in [0.3, 0.4) is 0 Å². The van der Waals surface area contributed by atoms with Crippen LogP contribution >= 0.6 is 0 Å². The third kappa shape index (κ3) is 4.44. The molecule has 1 heterocycles. The molecule has 23 heavy (non-hydrogen) atoms.